The first kappa shape index (κ1) is 15.0. The summed E-state index contributed by atoms with van der Waals surface area (Å²) >= 11 is 1.31. The monoisotopic (exact) mass is 308 g/mol. The Morgan fingerprint density at radius 1 is 1.43 bits per heavy atom. The molecule has 1 heterocycles. The first-order valence-corrected chi connectivity index (χ1v) is 7.01. The molecule has 2 rings (SSSR count). The number of thioether (sulfide) groups is 1. The lowest BCUT2D eigenvalue weighted by atomic mass is 10.2. The zero-order valence-corrected chi connectivity index (χ0v) is 11.9. The number of carbonyl (C=O) groups is 2. The van der Waals surface area contributed by atoms with Crippen molar-refractivity contribution in [3.63, 3.8) is 0 Å². The molecule has 1 N–H and O–H groups in total. The fourth-order valence-electron chi connectivity index (χ4n) is 1.82. The van der Waals surface area contributed by atoms with E-state index in [9.17, 15) is 19.7 Å². The van der Waals surface area contributed by atoms with E-state index in [2.05, 4.69) is 10.1 Å². The van der Waals surface area contributed by atoms with Crippen LogP contribution in [0.15, 0.2) is 34.9 Å². The molecular formula is C13H12N2O5S. The molecule has 1 aliphatic heterocycles. The number of benzene rings is 1. The maximum atomic E-state index is 12.1. The molecule has 110 valence electrons. The molecule has 0 radical (unpaired) electrons. The minimum absolute atomic E-state index is 0.161. The van der Waals surface area contributed by atoms with Crippen LogP contribution < -0.4 is 5.32 Å². The third-order valence-electron chi connectivity index (χ3n) is 2.83. The van der Waals surface area contributed by atoms with Crippen LogP contribution in [0.4, 0.5) is 5.69 Å². The SMILES string of the molecule is COC(=O)C1=C(NC(=O)c2cccc([N+](=O)[O-])c2)CCS1. The summed E-state index contributed by atoms with van der Waals surface area (Å²) in [5.74, 6) is -0.306. The molecule has 0 saturated heterocycles. The summed E-state index contributed by atoms with van der Waals surface area (Å²) in [6.45, 7) is 0. The summed E-state index contributed by atoms with van der Waals surface area (Å²) in [5.41, 5.74) is 0.492. The number of nitro benzene ring substituents is 1. The number of nitrogens with one attached hydrogen (secondary N) is 1. The quantitative estimate of drug-likeness (QED) is 0.518. The summed E-state index contributed by atoms with van der Waals surface area (Å²) in [6.07, 6.45) is 0.537. The molecule has 8 heteroatoms. The number of carbonyl (C=O) groups excluding carboxylic acids is 2. The molecule has 0 atom stereocenters. The van der Waals surface area contributed by atoms with E-state index in [0.717, 1.165) is 0 Å². The van der Waals surface area contributed by atoms with Gasteiger partial charge in [-0.2, -0.15) is 0 Å². The molecule has 0 aromatic heterocycles. The molecule has 1 aliphatic rings. The van der Waals surface area contributed by atoms with Crippen LogP contribution in [0.1, 0.15) is 16.8 Å². The number of esters is 1. The van der Waals surface area contributed by atoms with E-state index in [-0.39, 0.29) is 11.3 Å². The Balaban J connectivity index is 2.20. The van der Waals surface area contributed by atoms with E-state index in [4.69, 9.17) is 0 Å². The highest BCUT2D eigenvalue weighted by molar-refractivity contribution is 8.04. The number of hydrogen-bond acceptors (Lipinski definition) is 6. The summed E-state index contributed by atoms with van der Waals surface area (Å²) < 4.78 is 4.64. The van der Waals surface area contributed by atoms with Crippen molar-refractivity contribution in [3.8, 4) is 0 Å². The number of methoxy groups -OCH3 is 1. The Hall–Kier alpha value is -2.35. The fourth-order valence-corrected chi connectivity index (χ4v) is 2.86. The molecule has 7 nitrogen and oxygen atoms in total. The number of ether oxygens (including phenoxy) is 1. The Bertz CT molecular complexity index is 641. The molecule has 0 fully saturated rings. The van der Waals surface area contributed by atoms with Gasteiger partial charge in [-0.1, -0.05) is 6.07 Å². The first-order chi connectivity index (χ1) is 10.0. The largest absolute Gasteiger partial charge is 0.465 e. The van der Waals surface area contributed by atoms with Crippen molar-refractivity contribution in [1.82, 2.24) is 5.32 Å². The lowest BCUT2D eigenvalue weighted by Crippen LogP contribution is -2.24. The second-order valence-electron chi connectivity index (χ2n) is 4.16. The van der Waals surface area contributed by atoms with Gasteiger partial charge < -0.3 is 10.1 Å². The summed E-state index contributed by atoms with van der Waals surface area (Å²) in [4.78, 5) is 34.2. The summed E-state index contributed by atoms with van der Waals surface area (Å²) in [6, 6.07) is 5.41. The molecule has 0 saturated carbocycles. The van der Waals surface area contributed by atoms with Crippen LogP contribution in [0.5, 0.6) is 0 Å². The molecule has 0 unspecified atom stereocenters. The molecule has 0 aliphatic carbocycles. The van der Waals surface area contributed by atoms with Gasteiger partial charge in [0.1, 0.15) is 4.91 Å². The van der Waals surface area contributed by atoms with E-state index >= 15 is 0 Å². The maximum absolute atomic E-state index is 12.1. The fraction of sp³-hybridized carbons (Fsp3) is 0.231. The number of rotatable bonds is 4. The van der Waals surface area contributed by atoms with Crippen molar-refractivity contribution in [1.29, 1.82) is 0 Å². The highest BCUT2D eigenvalue weighted by Crippen LogP contribution is 2.30. The van der Waals surface area contributed by atoms with Gasteiger partial charge in [-0.15, -0.1) is 11.8 Å². The van der Waals surface area contributed by atoms with Gasteiger partial charge in [-0.25, -0.2) is 4.79 Å². The first-order valence-electron chi connectivity index (χ1n) is 6.03. The average molecular weight is 308 g/mol. The summed E-state index contributed by atoms with van der Waals surface area (Å²) in [5, 5.41) is 13.3. The van der Waals surface area contributed by atoms with Crippen LogP contribution >= 0.6 is 11.8 Å². The highest BCUT2D eigenvalue weighted by atomic mass is 32.2. The van der Waals surface area contributed by atoms with Crippen LogP contribution in [-0.4, -0.2) is 29.7 Å². The standard InChI is InChI=1S/C13H12N2O5S/c1-20-13(17)11-10(5-6-21-11)14-12(16)8-3-2-4-9(7-8)15(18)19/h2-4,7H,5-6H2,1H3,(H,14,16). The number of nitro groups is 1. The smallest absolute Gasteiger partial charge is 0.346 e. The minimum atomic E-state index is -0.568. The Morgan fingerprint density at radius 2 is 2.19 bits per heavy atom. The van der Waals surface area contributed by atoms with Crippen molar-refractivity contribution >= 4 is 29.3 Å². The Labute approximate surface area is 124 Å². The zero-order chi connectivity index (χ0) is 15.4. The second kappa shape index (κ2) is 6.40. The number of amides is 1. The van der Waals surface area contributed by atoms with Crippen LogP contribution in [-0.2, 0) is 9.53 Å². The van der Waals surface area contributed by atoms with Crippen molar-refractivity contribution < 1.29 is 19.2 Å². The van der Waals surface area contributed by atoms with Gasteiger partial charge in [0, 0.05) is 29.1 Å². The van der Waals surface area contributed by atoms with E-state index < -0.39 is 16.8 Å². The van der Waals surface area contributed by atoms with Gasteiger partial charge in [0.15, 0.2) is 0 Å². The van der Waals surface area contributed by atoms with Gasteiger partial charge in [0.05, 0.1) is 12.0 Å². The third kappa shape index (κ3) is 3.40. The molecule has 1 aromatic carbocycles. The molecule has 0 spiro atoms. The predicted octanol–water partition coefficient (Wildman–Crippen LogP) is 1.85. The topological polar surface area (TPSA) is 98.5 Å². The molecule has 1 amide bonds. The number of non-ortho nitro benzene ring substituents is 1. The van der Waals surface area contributed by atoms with Gasteiger partial charge in [-0.3, -0.25) is 14.9 Å². The number of allylic oxidation sites excluding steroid dienone is 1. The lowest BCUT2D eigenvalue weighted by Gasteiger charge is -2.07. The average Bonchev–Trinajstić information content (AvgIpc) is 2.94. The second-order valence-corrected chi connectivity index (χ2v) is 5.26. The van der Waals surface area contributed by atoms with E-state index in [0.29, 0.717) is 22.8 Å². The van der Waals surface area contributed by atoms with E-state index in [1.807, 2.05) is 0 Å². The van der Waals surface area contributed by atoms with E-state index in [1.54, 1.807) is 0 Å². The van der Waals surface area contributed by atoms with Crippen LogP contribution in [0.3, 0.4) is 0 Å². The van der Waals surface area contributed by atoms with E-state index in [1.165, 1.54) is 43.1 Å². The normalized spacial score (nSPS) is 14.0. The minimum Gasteiger partial charge on any atom is -0.465 e. The van der Waals surface area contributed by atoms with Gasteiger partial charge in [0.25, 0.3) is 11.6 Å². The molecule has 1 aromatic rings. The van der Waals surface area contributed by atoms with Crippen LogP contribution in [0.2, 0.25) is 0 Å². The number of nitrogens with zero attached hydrogens (tertiary/aromatic N) is 1. The van der Waals surface area contributed by atoms with Crippen molar-refractivity contribution in [3.05, 3.63) is 50.5 Å². The molecule has 0 bridgehead atoms. The van der Waals surface area contributed by atoms with Gasteiger partial charge >= 0.3 is 5.97 Å². The number of hydrogen-bond donors (Lipinski definition) is 1. The predicted molar refractivity (Wildman–Crippen MR) is 76.7 cm³/mol. The van der Waals surface area contributed by atoms with Crippen LogP contribution in [0, 0.1) is 10.1 Å². The Morgan fingerprint density at radius 3 is 2.86 bits per heavy atom. The Kier molecular flexibility index (Phi) is 4.59. The van der Waals surface area contributed by atoms with Crippen molar-refractivity contribution in [2.75, 3.05) is 12.9 Å². The third-order valence-corrected chi connectivity index (χ3v) is 3.94. The maximum Gasteiger partial charge on any atom is 0.346 e. The summed E-state index contributed by atoms with van der Waals surface area (Å²) in [7, 11) is 1.27. The lowest BCUT2D eigenvalue weighted by molar-refractivity contribution is -0.384. The molecule has 21 heavy (non-hydrogen) atoms. The van der Waals surface area contributed by atoms with Crippen molar-refractivity contribution in [2.24, 2.45) is 0 Å². The van der Waals surface area contributed by atoms with Gasteiger partial charge in [-0.05, 0) is 12.5 Å². The highest BCUT2D eigenvalue weighted by Gasteiger charge is 2.24. The van der Waals surface area contributed by atoms with Crippen molar-refractivity contribution in [2.45, 2.75) is 6.42 Å². The van der Waals surface area contributed by atoms with Gasteiger partial charge in [0.2, 0.25) is 0 Å². The van der Waals surface area contributed by atoms with Crippen LogP contribution in [0.25, 0.3) is 0 Å². The molecular weight excluding hydrogens is 296 g/mol. The zero-order valence-electron chi connectivity index (χ0n) is 11.1.